The van der Waals surface area contributed by atoms with Crippen LogP contribution in [-0.4, -0.2) is 47.8 Å². The molecule has 1 aliphatic rings. The molecule has 1 aromatic carbocycles. The van der Waals surface area contributed by atoms with Crippen molar-refractivity contribution in [2.45, 2.75) is 51.3 Å². The largest absolute Gasteiger partial charge is 0.444 e. The molecule has 1 aromatic rings. The summed E-state index contributed by atoms with van der Waals surface area (Å²) in [6, 6.07) is 10.4. The first-order valence-electron chi connectivity index (χ1n) is 7.97. The van der Waals surface area contributed by atoms with Gasteiger partial charge in [-0.15, -0.1) is 0 Å². The number of hydrogen-bond acceptors (Lipinski definition) is 3. The molecule has 0 bridgehead atoms. The normalized spacial score (nSPS) is 22.2. The first kappa shape index (κ1) is 16.8. The number of amides is 1. The van der Waals surface area contributed by atoms with E-state index in [1.54, 1.807) is 0 Å². The lowest BCUT2D eigenvalue weighted by Crippen LogP contribution is -2.58. The molecule has 2 rings (SSSR count). The SMILES string of the molecule is CN(C)[C@@]1(Cc2ccccc2)CCCN1C(=O)OC(C)(C)C. The molecule has 0 saturated carbocycles. The van der Waals surface area contributed by atoms with Gasteiger partial charge in [-0.05, 0) is 53.3 Å². The minimum absolute atomic E-state index is 0.213. The summed E-state index contributed by atoms with van der Waals surface area (Å²) < 4.78 is 5.63. The zero-order valence-electron chi connectivity index (χ0n) is 14.4. The zero-order valence-corrected chi connectivity index (χ0v) is 14.4. The van der Waals surface area contributed by atoms with Crippen LogP contribution in [0, 0.1) is 0 Å². The number of rotatable bonds is 3. The predicted octanol–water partition coefficient (Wildman–Crippen LogP) is 3.52. The fourth-order valence-corrected chi connectivity index (χ4v) is 3.17. The summed E-state index contributed by atoms with van der Waals surface area (Å²) in [6.45, 7) is 6.49. The molecule has 1 saturated heterocycles. The second-order valence-electron chi connectivity index (χ2n) is 7.27. The molecule has 0 aromatic heterocycles. The Labute approximate surface area is 134 Å². The van der Waals surface area contributed by atoms with Crippen LogP contribution < -0.4 is 0 Å². The van der Waals surface area contributed by atoms with Gasteiger partial charge in [-0.1, -0.05) is 30.3 Å². The van der Waals surface area contributed by atoms with Crippen molar-refractivity contribution in [3.8, 4) is 0 Å². The Bertz CT molecular complexity index is 508. The number of likely N-dealkylation sites (tertiary alicyclic amines) is 1. The van der Waals surface area contributed by atoms with Crippen molar-refractivity contribution in [2.75, 3.05) is 20.6 Å². The average molecular weight is 304 g/mol. The lowest BCUT2D eigenvalue weighted by molar-refractivity contribution is -0.0308. The third-order valence-corrected chi connectivity index (χ3v) is 4.24. The van der Waals surface area contributed by atoms with Crippen LogP contribution in [-0.2, 0) is 11.2 Å². The van der Waals surface area contributed by atoms with E-state index in [2.05, 4.69) is 17.0 Å². The summed E-state index contributed by atoms with van der Waals surface area (Å²) in [4.78, 5) is 16.7. The van der Waals surface area contributed by atoms with Gasteiger partial charge in [-0.3, -0.25) is 9.80 Å². The van der Waals surface area contributed by atoms with Crippen molar-refractivity contribution < 1.29 is 9.53 Å². The van der Waals surface area contributed by atoms with Crippen molar-refractivity contribution in [1.82, 2.24) is 9.80 Å². The van der Waals surface area contributed by atoms with E-state index >= 15 is 0 Å². The number of hydrogen-bond donors (Lipinski definition) is 0. The van der Waals surface area contributed by atoms with Gasteiger partial charge in [0.2, 0.25) is 0 Å². The lowest BCUT2D eigenvalue weighted by atomic mass is 9.95. The molecular weight excluding hydrogens is 276 g/mol. The van der Waals surface area contributed by atoms with Crippen molar-refractivity contribution in [3.63, 3.8) is 0 Å². The van der Waals surface area contributed by atoms with Crippen LogP contribution in [0.15, 0.2) is 30.3 Å². The van der Waals surface area contributed by atoms with Crippen LogP contribution in [0.3, 0.4) is 0 Å². The molecule has 0 radical (unpaired) electrons. The fourth-order valence-electron chi connectivity index (χ4n) is 3.17. The van der Waals surface area contributed by atoms with Gasteiger partial charge in [-0.25, -0.2) is 4.79 Å². The summed E-state index contributed by atoms with van der Waals surface area (Å²) in [7, 11) is 4.09. The van der Waals surface area contributed by atoms with E-state index in [0.717, 1.165) is 25.8 Å². The zero-order chi connectivity index (χ0) is 16.4. The second-order valence-corrected chi connectivity index (χ2v) is 7.27. The van der Waals surface area contributed by atoms with Gasteiger partial charge in [-0.2, -0.15) is 0 Å². The second kappa shape index (κ2) is 6.29. The number of carbonyl (C=O) groups is 1. The van der Waals surface area contributed by atoms with Gasteiger partial charge in [0.15, 0.2) is 0 Å². The molecule has 1 heterocycles. The topological polar surface area (TPSA) is 32.8 Å². The van der Waals surface area contributed by atoms with Gasteiger partial charge in [0.25, 0.3) is 0 Å². The van der Waals surface area contributed by atoms with Crippen molar-refractivity contribution in [1.29, 1.82) is 0 Å². The van der Waals surface area contributed by atoms with E-state index < -0.39 is 5.60 Å². The highest BCUT2D eigenvalue weighted by Crippen LogP contribution is 2.35. The van der Waals surface area contributed by atoms with Crippen LogP contribution in [0.5, 0.6) is 0 Å². The summed E-state index contributed by atoms with van der Waals surface area (Å²) >= 11 is 0. The van der Waals surface area contributed by atoms with E-state index in [-0.39, 0.29) is 11.8 Å². The lowest BCUT2D eigenvalue weighted by Gasteiger charge is -2.44. The van der Waals surface area contributed by atoms with Gasteiger partial charge in [0, 0.05) is 13.0 Å². The molecule has 0 N–H and O–H groups in total. The van der Waals surface area contributed by atoms with Crippen molar-refractivity contribution in [2.24, 2.45) is 0 Å². The van der Waals surface area contributed by atoms with Gasteiger partial charge in [0.05, 0.1) is 0 Å². The first-order valence-corrected chi connectivity index (χ1v) is 7.97. The number of benzene rings is 1. The Morgan fingerprint density at radius 1 is 1.27 bits per heavy atom. The summed E-state index contributed by atoms with van der Waals surface area (Å²) in [6.07, 6.45) is 2.58. The summed E-state index contributed by atoms with van der Waals surface area (Å²) in [5.41, 5.74) is 0.473. The maximum atomic E-state index is 12.6. The Balaban J connectivity index is 2.26. The van der Waals surface area contributed by atoms with Crippen molar-refractivity contribution >= 4 is 6.09 Å². The molecule has 4 heteroatoms. The average Bonchev–Trinajstić information content (AvgIpc) is 2.83. The third kappa shape index (κ3) is 3.61. The van der Waals surface area contributed by atoms with Crippen LogP contribution in [0.4, 0.5) is 4.79 Å². The molecule has 22 heavy (non-hydrogen) atoms. The summed E-state index contributed by atoms with van der Waals surface area (Å²) in [5, 5.41) is 0. The van der Waals surface area contributed by atoms with E-state index in [1.807, 2.05) is 58.0 Å². The molecule has 1 amide bonds. The Kier molecular flexibility index (Phi) is 4.81. The Hall–Kier alpha value is -1.55. The standard InChI is InChI=1S/C18H28N2O2/c1-17(2,3)22-16(21)20-13-9-12-18(20,19(4)5)14-15-10-7-6-8-11-15/h6-8,10-11H,9,12-14H2,1-5H3/t18-/m0/s1. The van der Waals surface area contributed by atoms with Gasteiger partial charge >= 0.3 is 6.09 Å². The highest BCUT2D eigenvalue weighted by Gasteiger charge is 2.46. The molecule has 122 valence electrons. The summed E-state index contributed by atoms with van der Waals surface area (Å²) in [5.74, 6) is 0. The molecule has 1 fully saturated rings. The van der Waals surface area contributed by atoms with Gasteiger partial charge < -0.3 is 4.74 Å². The highest BCUT2D eigenvalue weighted by molar-refractivity contribution is 5.69. The van der Waals surface area contributed by atoms with E-state index in [9.17, 15) is 4.79 Å². The van der Waals surface area contributed by atoms with Crippen LogP contribution in [0.1, 0.15) is 39.2 Å². The third-order valence-electron chi connectivity index (χ3n) is 4.24. The Morgan fingerprint density at radius 2 is 1.91 bits per heavy atom. The predicted molar refractivity (Wildman–Crippen MR) is 88.7 cm³/mol. The molecule has 1 aliphatic heterocycles. The number of carbonyl (C=O) groups excluding carboxylic acids is 1. The smallest absolute Gasteiger partial charge is 0.411 e. The van der Waals surface area contributed by atoms with Crippen LogP contribution in [0.2, 0.25) is 0 Å². The molecule has 0 spiro atoms. The molecule has 1 atom stereocenters. The Morgan fingerprint density at radius 3 is 2.45 bits per heavy atom. The minimum Gasteiger partial charge on any atom is -0.444 e. The molecule has 0 unspecified atom stereocenters. The first-order chi connectivity index (χ1) is 10.2. The van der Waals surface area contributed by atoms with E-state index in [4.69, 9.17) is 4.74 Å². The minimum atomic E-state index is -0.468. The number of likely N-dealkylation sites (N-methyl/N-ethyl adjacent to an activating group) is 1. The highest BCUT2D eigenvalue weighted by atomic mass is 16.6. The van der Waals surface area contributed by atoms with Crippen molar-refractivity contribution in [3.05, 3.63) is 35.9 Å². The maximum absolute atomic E-state index is 12.6. The molecule has 4 nitrogen and oxygen atoms in total. The number of nitrogens with zero attached hydrogens (tertiary/aromatic N) is 2. The maximum Gasteiger partial charge on any atom is 0.411 e. The van der Waals surface area contributed by atoms with Gasteiger partial charge in [0.1, 0.15) is 11.3 Å². The monoisotopic (exact) mass is 304 g/mol. The fraction of sp³-hybridized carbons (Fsp3) is 0.611. The van der Waals surface area contributed by atoms with E-state index in [1.165, 1.54) is 5.56 Å². The van der Waals surface area contributed by atoms with Crippen LogP contribution >= 0.6 is 0 Å². The number of ether oxygens (including phenoxy) is 1. The van der Waals surface area contributed by atoms with Crippen LogP contribution in [0.25, 0.3) is 0 Å². The molecule has 0 aliphatic carbocycles. The quantitative estimate of drug-likeness (QED) is 0.856. The van der Waals surface area contributed by atoms with E-state index in [0.29, 0.717) is 0 Å². The molecular formula is C18H28N2O2.